The number of hydrogen-bond acceptors (Lipinski definition) is 3. The van der Waals surface area contributed by atoms with Crippen molar-refractivity contribution in [2.45, 2.75) is 18.4 Å². The second kappa shape index (κ2) is 6.85. The fourth-order valence-electron chi connectivity index (χ4n) is 1.90. The van der Waals surface area contributed by atoms with Crippen molar-refractivity contribution in [3.8, 4) is 5.75 Å². The summed E-state index contributed by atoms with van der Waals surface area (Å²) in [5.74, 6) is -1.66. The highest BCUT2D eigenvalue weighted by atomic mass is 32.2. The van der Waals surface area contributed by atoms with E-state index < -0.39 is 26.6 Å². The molecule has 0 saturated carbocycles. The van der Waals surface area contributed by atoms with Gasteiger partial charge in [-0.25, -0.2) is 21.9 Å². The van der Waals surface area contributed by atoms with Crippen LogP contribution in [0.4, 0.5) is 8.78 Å². The van der Waals surface area contributed by atoms with Crippen LogP contribution in [0, 0.1) is 11.6 Å². The van der Waals surface area contributed by atoms with Crippen molar-refractivity contribution in [2.24, 2.45) is 0 Å². The molecule has 118 valence electrons. The molecule has 0 aliphatic carbocycles. The Balaban J connectivity index is 2.18. The maximum absolute atomic E-state index is 13.6. The molecule has 22 heavy (non-hydrogen) atoms. The van der Waals surface area contributed by atoms with E-state index in [-0.39, 0.29) is 6.54 Å². The number of nitrogens with one attached hydrogen (secondary N) is 1. The quantitative estimate of drug-likeness (QED) is 0.887. The largest absolute Gasteiger partial charge is 0.494 e. The van der Waals surface area contributed by atoms with Crippen LogP contribution in [0.25, 0.3) is 0 Å². The van der Waals surface area contributed by atoms with E-state index in [0.29, 0.717) is 17.9 Å². The number of ether oxygens (including phenoxy) is 1. The standard InChI is InChI=1S/C15H15F2NO3S/c1-2-21-12-6-3-5-11(9-12)10-18-22(19,20)15-13(16)7-4-8-14(15)17/h3-9,18H,2,10H2,1H3. The zero-order chi connectivity index (χ0) is 16.2. The molecule has 4 nitrogen and oxygen atoms in total. The molecule has 0 unspecified atom stereocenters. The summed E-state index contributed by atoms with van der Waals surface area (Å²) in [6, 6.07) is 9.68. The highest BCUT2D eigenvalue weighted by molar-refractivity contribution is 7.89. The molecule has 0 radical (unpaired) electrons. The Morgan fingerprint density at radius 3 is 2.36 bits per heavy atom. The van der Waals surface area contributed by atoms with Crippen molar-refractivity contribution in [1.82, 2.24) is 4.72 Å². The van der Waals surface area contributed by atoms with Crippen LogP contribution >= 0.6 is 0 Å². The summed E-state index contributed by atoms with van der Waals surface area (Å²) in [5, 5.41) is 0. The third kappa shape index (κ3) is 3.80. The molecule has 0 aromatic heterocycles. The van der Waals surface area contributed by atoms with E-state index in [1.165, 1.54) is 0 Å². The highest BCUT2D eigenvalue weighted by Crippen LogP contribution is 2.19. The lowest BCUT2D eigenvalue weighted by atomic mass is 10.2. The van der Waals surface area contributed by atoms with Gasteiger partial charge in [-0.1, -0.05) is 18.2 Å². The van der Waals surface area contributed by atoms with Crippen LogP contribution < -0.4 is 9.46 Å². The second-order valence-corrected chi connectivity index (χ2v) is 6.16. The van der Waals surface area contributed by atoms with Crippen molar-refractivity contribution in [3.63, 3.8) is 0 Å². The minimum absolute atomic E-state index is 0.100. The maximum Gasteiger partial charge on any atom is 0.246 e. The molecule has 2 rings (SSSR count). The first kappa shape index (κ1) is 16.4. The summed E-state index contributed by atoms with van der Waals surface area (Å²) in [6.07, 6.45) is 0. The molecule has 0 aliphatic rings. The molecule has 0 spiro atoms. The monoisotopic (exact) mass is 327 g/mol. The summed E-state index contributed by atoms with van der Waals surface area (Å²) >= 11 is 0. The van der Waals surface area contributed by atoms with E-state index in [9.17, 15) is 17.2 Å². The third-order valence-corrected chi connectivity index (χ3v) is 4.32. The van der Waals surface area contributed by atoms with Gasteiger partial charge in [0, 0.05) is 6.54 Å². The van der Waals surface area contributed by atoms with Gasteiger partial charge in [0.2, 0.25) is 10.0 Å². The average Bonchev–Trinajstić information content (AvgIpc) is 2.46. The molecule has 0 saturated heterocycles. The minimum Gasteiger partial charge on any atom is -0.494 e. The molecule has 0 fully saturated rings. The predicted octanol–water partition coefficient (Wildman–Crippen LogP) is 2.84. The lowest BCUT2D eigenvalue weighted by molar-refractivity contribution is 0.340. The van der Waals surface area contributed by atoms with E-state index in [1.54, 1.807) is 24.3 Å². The Kier molecular flexibility index (Phi) is 5.10. The van der Waals surface area contributed by atoms with Gasteiger partial charge >= 0.3 is 0 Å². The molecule has 0 aliphatic heterocycles. The lowest BCUT2D eigenvalue weighted by Crippen LogP contribution is -2.25. The van der Waals surface area contributed by atoms with E-state index >= 15 is 0 Å². The van der Waals surface area contributed by atoms with Crippen molar-refractivity contribution >= 4 is 10.0 Å². The van der Waals surface area contributed by atoms with Crippen LogP contribution in [0.1, 0.15) is 12.5 Å². The number of rotatable bonds is 6. The van der Waals surface area contributed by atoms with Crippen LogP contribution in [0.2, 0.25) is 0 Å². The Hall–Kier alpha value is -1.99. The second-order valence-electron chi connectivity index (χ2n) is 4.46. The Bertz CT molecular complexity index is 743. The summed E-state index contributed by atoms with van der Waals surface area (Å²) in [6.45, 7) is 2.21. The molecule has 0 atom stereocenters. The van der Waals surface area contributed by atoms with Gasteiger partial charge in [0.15, 0.2) is 4.90 Å². The normalized spacial score (nSPS) is 11.4. The molecule has 1 N–H and O–H groups in total. The number of benzene rings is 2. The Labute approximate surface area is 127 Å². The van der Waals surface area contributed by atoms with Crippen LogP contribution in [-0.2, 0) is 16.6 Å². The van der Waals surface area contributed by atoms with Crippen LogP contribution in [0.5, 0.6) is 5.75 Å². The van der Waals surface area contributed by atoms with E-state index in [1.807, 2.05) is 6.92 Å². The number of sulfonamides is 1. The fraction of sp³-hybridized carbons (Fsp3) is 0.200. The Morgan fingerprint density at radius 1 is 1.09 bits per heavy atom. The topological polar surface area (TPSA) is 55.4 Å². The first-order valence-corrected chi connectivity index (χ1v) is 8.08. The Morgan fingerprint density at radius 2 is 1.73 bits per heavy atom. The van der Waals surface area contributed by atoms with E-state index in [0.717, 1.165) is 18.2 Å². The molecule has 2 aromatic carbocycles. The zero-order valence-electron chi connectivity index (χ0n) is 11.8. The van der Waals surface area contributed by atoms with Crippen LogP contribution in [-0.4, -0.2) is 15.0 Å². The smallest absolute Gasteiger partial charge is 0.246 e. The van der Waals surface area contributed by atoms with Crippen LogP contribution in [0.15, 0.2) is 47.4 Å². The molecular weight excluding hydrogens is 312 g/mol. The summed E-state index contributed by atoms with van der Waals surface area (Å²) in [4.78, 5) is -0.976. The molecule has 7 heteroatoms. The van der Waals surface area contributed by atoms with Crippen molar-refractivity contribution in [1.29, 1.82) is 0 Å². The van der Waals surface area contributed by atoms with Gasteiger partial charge in [-0.3, -0.25) is 0 Å². The van der Waals surface area contributed by atoms with Gasteiger partial charge in [-0.05, 0) is 36.8 Å². The van der Waals surface area contributed by atoms with Gasteiger partial charge in [0.25, 0.3) is 0 Å². The number of hydrogen-bond donors (Lipinski definition) is 1. The third-order valence-electron chi connectivity index (χ3n) is 2.86. The first-order valence-electron chi connectivity index (χ1n) is 6.59. The summed E-state index contributed by atoms with van der Waals surface area (Å²) in [7, 11) is -4.29. The maximum atomic E-state index is 13.6. The molecule has 0 bridgehead atoms. The summed E-state index contributed by atoms with van der Waals surface area (Å²) < 4.78 is 58.7. The van der Waals surface area contributed by atoms with E-state index in [4.69, 9.17) is 4.74 Å². The summed E-state index contributed by atoms with van der Waals surface area (Å²) in [5.41, 5.74) is 0.617. The fourth-order valence-corrected chi connectivity index (χ4v) is 3.05. The lowest BCUT2D eigenvalue weighted by Gasteiger charge is -2.10. The van der Waals surface area contributed by atoms with Crippen molar-refractivity contribution < 1.29 is 21.9 Å². The van der Waals surface area contributed by atoms with E-state index in [2.05, 4.69) is 4.72 Å². The van der Waals surface area contributed by atoms with Crippen LogP contribution in [0.3, 0.4) is 0 Å². The average molecular weight is 327 g/mol. The number of halogens is 2. The first-order chi connectivity index (χ1) is 10.4. The zero-order valence-corrected chi connectivity index (χ0v) is 12.7. The molecule has 2 aromatic rings. The van der Waals surface area contributed by atoms with Crippen molar-refractivity contribution in [2.75, 3.05) is 6.61 Å². The van der Waals surface area contributed by atoms with Gasteiger partial charge in [-0.2, -0.15) is 0 Å². The van der Waals surface area contributed by atoms with Crippen molar-refractivity contribution in [3.05, 3.63) is 59.7 Å². The predicted molar refractivity (Wildman–Crippen MR) is 78.0 cm³/mol. The highest BCUT2D eigenvalue weighted by Gasteiger charge is 2.23. The van der Waals surface area contributed by atoms with Gasteiger partial charge < -0.3 is 4.74 Å². The van der Waals surface area contributed by atoms with Gasteiger partial charge in [-0.15, -0.1) is 0 Å². The van der Waals surface area contributed by atoms with Gasteiger partial charge in [0.1, 0.15) is 17.4 Å². The minimum atomic E-state index is -4.29. The molecular formula is C15H15F2NO3S. The van der Waals surface area contributed by atoms with Gasteiger partial charge in [0.05, 0.1) is 6.61 Å². The molecule has 0 heterocycles. The SMILES string of the molecule is CCOc1cccc(CNS(=O)(=O)c2c(F)cccc2F)c1. The molecule has 0 amide bonds.